The first-order valence-electron chi connectivity index (χ1n) is 13.3. The van der Waals surface area contributed by atoms with E-state index in [1.54, 1.807) is 31.0 Å². The summed E-state index contributed by atoms with van der Waals surface area (Å²) in [5.74, 6) is 0.627. The first kappa shape index (κ1) is 24.8. The van der Waals surface area contributed by atoms with E-state index in [9.17, 15) is 4.79 Å². The monoisotopic (exact) mass is 545 g/mol. The SMILES string of the molecule is Cc1cncc(-c2cncc3[nH]c(-c4[nH]nc5ncc(-c6cncc(NC(=O)N7CCN(C)CC7)c6)cc45)nc23)c1. The van der Waals surface area contributed by atoms with Crippen molar-refractivity contribution >= 4 is 33.8 Å². The van der Waals surface area contributed by atoms with E-state index in [-0.39, 0.29) is 6.03 Å². The number of pyridine rings is 4. The second-order valence-corrected chi connectivity index (χ2v) is 10.3. The van der Waals surface area contributed by atoms with Gasteiger partial charge in [0, 0.05) is 79.4 Å². The molecule has 41 heavy (non-hydrogen) atoms. The highest BCUT2D eigenvalue weighted by atomic mass is 16.2. The van der Waals surface area contributed by atoms with Gasteiger partial charge in [0.25, 0.3) is 0 Å². The summed E-state index contributed by atoms with van der Waals surface area (Å²) in [6, 6.07) is 5.84. The molecule has 1 aliphatic heterocycles. The fourth-order valence-corrected chi connectivity index (χ4v) is 5.08. The maximum Gasteiger partial charge on any atom is 0.321 e. The van der Waals surface area contributed by atoms with Crippen molar-refractivity contribution in [2.24, 2.45) is 0 Å². The van der Waals surface area contributed by atoms with Crippen LogP contribution in [0.2, 0.25) is 0 Å². The summed E-state index contributed by atoms with van der Waals surface area (Å²) in [4.78, 5) is 42.8. The molecule has 12 nitrogen and oxygen atoms in total. The Morgan fingerprint density at radius 2 is 1.66 bits per heavy atom. The number of likely N-dealkylation sites (N-methyl/N-ethyl adjacent to an activating group) is 1. The van der Waals surface area contributed by atoms with E-state index in [1.807, 2.05) is 36.4 Å². The number of imidazole rings is 1. The second kappa shape index (κ2) is 10.1. The molecule has 0 unspecified atom stereocenters. The number of aromatic amines is 2. The molecule has 2 amide bonds. The van der Waals surface area contributed by atoms with E-state index in [0.29, 0.717) is 35.9 Å². The maximum atomic E-state index is 12.8. The summed E-state index contributed by atoms with van der Waals surface area (Å²) >= 11 is 0. The number of carbonyl (C=O) groups excluding carboxylic acids is 1. The van der Waals surface area contributed by atoms with Gasteiger partial charge < -0.3 is 20.1 Å². The predicted octanol–water partition coefficient (Wildman–Crippen LogP) is 4.11. The number of carbonyl (C=O) groups is 1. The van der Waals surface area contributed by atoms with Gasteiger partial charge in [0.2, 0.25) is 0 Å². The molecule has 7 heterocycles. The lowest BCUT2D eigenvalue weighted by atomic mass is 10.1. The van der Waals surface area contributed by atoms with Crippen LogP contribution in [-0.4, -0.2) is 89.2 Å². The molecule has 12 heteroatoms. The van der Waals surface area contributed by atoms with Crippen molar-refractivity contribution in [3.63, 3.8) is 0 Å². The highest BCUT2D eigenvalue weighted by molar-refractivity contribution is 5.97. The fraction of sp³-hybridized carbons (Fsp3) is 0.207. The number of amides is 2. The normalized spacial score (nSPS) is 14.1. The first-order chi connectivity index (χ1) is 20.0. The molecule has 1 saturated heterocycles. The zero-order chi connectivity index (χ0) is 27.9. The molecule has 0 bridgehead atoms. The average molecular weight is 546 g/mol. The van der Waals surface area contributed by atoms with Gasteiger partial charge in [-0.25, -0.2) is 14.8 Å². The van der Waals surface area contributed by atoms with Gasteiger partial charge in [-0.05, 0) is 37.7 Å². The molecule has 6 aromatic heterocycles. The maximum absolute atomic E-state index is 12.8. The van der Waals surface area contributed by atoms with Crippen LogP contribution >= 0.6 is 0 Å². The number of rotatable bonds is 4. The zero-order valence-electron chi connectivity index (χ0n) is 22.6. The van der Waals surface area contributed by atoms with Gasteiger partial charge in [0.05, 0.1) is 29.0 Å². The molecule has 0 radical (unpaired) electrons. The predicted molar refractivity (Wildman–Crippen MR) is 156 cm³/mol. The minimum atomic E-state index is -0.122. The summed E-state index contributed by atoms with van der Waals surface area (Å²) in [6.07, 6.45) is 12.3. The van der Waals surface area contributed by atoms with Crippen molar-refractivity contribution in [3.05, 3.63) is 67.1 Å². The number of nitrogens with zero attached hydrogens (tertiary/aromatic N) is 8. The van der Waals surface area contributed by atoms with Crippen LogP contribution in [0.15, 0.2) is 61.6 Å². The lowest BCUT2D eigenvalue weighted by Crippen LogP contribution is -2.48. The van der Waals surface area contributed by atoms with E-state index < -0.39 is 0 Å². The van der Waals surface area contributed by atoms with Crippen molar-refractivity contribution in [2.45, 2.75) is 6.92 Å². The first-order valence-corrected chi connectivity index (χ1v) is 13.3. The molecule has 0 aromatic carbocycles. The van der Waals surface area contributed by atoms with Crippen LogP contribution in [-0.2, 0) is 0 Å². The number of aromatic nitrogens is 8. The molecule has 3 N–H and O–H groups in total. The summed E-state index contributed by atoms with van der Waals surface area (Å²) in [6.45, 7) is 5.11. The van der Waals surface area contributed by atoms with Crippen LogP contribution in [0.25, 0.3) is 55.8 Å². The molecule has 7 rings (SSSR count). The van der Waals surface area contributed by atoms with Crippen LogP contribution in [0.5, 0.6) is 0 Å². The number of H-pyrrole nitrogens is 2. The summed E-state index contributed by atoms with van der Waals surface area (Å²) in [7, 11) is 2.06. The number of hydrogen-bond acceptors (Lipinski definition) is 8. The molecule has 0 spiro atoms. The second-order valence-electron chi connectivity index (χ2n) is 10.3. The van der Waals surface area contributed by atoms with Gasteiger partial charge in [-0.2, -0.15) is 5.10 Å². The standard InChI is InChI=1S/C29H27N11O/c1-17-7-20(12-30-10-17)23-15-32-16-24-25(23)36-28(35-24)26-22-9-19(13-33-27(22)38-37-26)18-8-21(14-31-11-18)34-29(41)40-5-3-39(2)4-6-40/h7-16H,3-6H2,1-2H3,(H,34,41)(H,35,36)(H,33,37,38). The van der Waals surface area contributed by atoms with Gasteiger partial charge in [-0.15, -0.1) is 0 Å². The third-order valence-corrected chi connectivity index (χ3v) is 7.34. The van der Waals surface area contributed by atoms with E-state index in [1.165, 1.54) is 0 Å². The number of piperazine rings is 1. The molecule has 1 fully saturated rings. The molecule has 0 atom stereocenters. The van der Waals surface area contributed by atoms with E-state index in [4.69, 9.17) is 4.98 Å². The summed E-state index contributed by atoms with van der Waals surface area (Å²) in [5.41, 5.74) is 8.08. The van der Waals surface area contributed by atoms with Crippen LogP contribution in [0.4, 0.5) is 10.5 Å². The van der Waals surface area contributed by atoms with Crippen molar-refractivity contribution in [1.29, 1.82) is 0 Å². The lowest BCUT2D eigenvalue weighted by Gasteiger charge is -2.32. The van der Waals surface area contributed by atoms with E-state index in [0.717, 1.165) is 57.3 Å². The van der Waals surface area contributed by atoms with Gasteiger partial charge in [0.15, 0.2) is 11.5 Å². The van der Waals surface area contributed by atoms with Gasteiger partial charge >= 0.3 is 6.03 Å². The topological polar surface area (TPSA) is 144 Å². The number of fused-ring (bicyclic) bond motifs is 2. The van der Waals surface area contributed by atoms with Gasteiger partial charge in [0.1, 0.15) is 11.2 Å². The minimum Gasteiger partial charge on any atom is -0.335 e. The molecule has 1 aliphatic rings. The Balaban J connectivity index is 1.21. The Hall–Kier alpha value is -5.23. The quantitative estimate of drug-likeness (QED) is 0.300. The molecule has 6 aromatic rings. The Bertz CT molecular complexity index is 1900. The van der Waals surface area contributed by atoms with Crippen molar-refractivity contribution in [2.75, 3.05) is 38.5 Å². The third-order valence-electron chi connectivity index (χ3n) is 7.34. The average Bonchev–Trinajstić information content (AvgIpc) is 3.61. The third kappa shape index (κ3) is 4.74. The summed E-state index contributed by atoms with van der Waals surface area (Å²) in [5, 5.41) is 11.3. The molecular formula is C29H27N11O. The van der Waals surface area contributed by atoms with Gasteiger partial charge in [-0.1, -0.05) is 0 Å². The number of anilines is 1. The van der Waals surface area contributed by atoms with Crippen molar-refractivity contribution in [1.82, 2.24) is 49.9 Å². The largest absolute Gasteiger partial charge is 0.335 e. The fourth-order valence-electron chi connectivity index (χ4n) is 5.08. The molecular weight excluding hydrogens is 518 g/mol. The van der Waals surface area contributed by atoms with Crippen LogP contribution < -0.4 is 5.32 Å². The smallest absolute Gasteiger partial charge is 0.321 e. The summed E-state index contributed by atoms with van der Waals surface area (Å²) < 4.78 is 0. The number of hydrogen-bond donors (Lipinski definition) is 3. The van der Waals surface area contributed by atoms with Crippen LogP contribution in [0, 0.1) is 6.92 Å². The zero-order valence-corrected chi connectivity index (χ0v) is 22.6. The van der Waals surface area contributed by atoms with E-state index in [2.05, 4.69) is 58.4 Å². The van der Waals surface area contributed by atoms with Crippen molar-refractivity contribution < 1.29 is 4.79 Å². The Labute approximate surface area is 234 Å². The van der Waals surface area contributed by atoms with Gasteiger partial charge in [-0.3, -0.25) is 20.1 Å². The Kier molecular flexibility index (Phi) is 6.08. The van der Waals surface area contributed by atoms with Crippen LogP contribution in [0.1, 0.15) is 5.56 Å². The minimum absolute atomic E-state index is 0.122. The lowest BCUT2D eigenvalue weighted by molar-refractivity contribution is 0.164. The number of urea groups is 1. The molecule has 0 saturated carbocycles. The van der Waals surface area contributed by atoms with Crippen molar-refractivity contribution in [3.8, 4) is 33.8 Å². The Morgan fingerprint density at radius 1 is 0.878 bits per heavy atom. The Morgan fingerprint density at radius 3 is 2.51 bits per heavy atom. The van der Waals surface area contributed by atoms with E-state index >= 15 is 0 Å². The number of nitrogens with one attached hydrogen (secondary N) is 3. The number of aryl methyl sites for hydroxylation is 1. The highest BCUT2D eigenvalue weighted by Gasteiger charge is 2.20. The highest BCUT2D eigenvalue weighted by Crippen LogP contribution is 2.32. The van der Waals surface area contributed by atoms with Crippen LogP contribution in [0.3, 0.4) is 0 Å². The molecule has 0 aliphatic carbocycles. The molecule has 204 valence electrons.